The number of amides is 1. The zero-order valence-electron chi connectivity index (χ0n) is 9.02. The van der Waals surface area contributed by atoms with Crippen molar-refractivity contribution in [2.75, 3.05) is 13.2 Å². The highest BCUT2D eigenvalue weighted by molar-refractivity contribution is 5.94. The molecule has 0 saturated carbocycles. The first-order valence-electron chi connectivity index (χ1n) is 5.49. The van der Waals surface area contributed by atoms with Gasteiger partial charge >= 0.3 is 0 Å². The van der Waals surface area contributed by atoms with Crippen LogP contribution in [-0.4, -0.2) is 36.2 Å². The van der Waals surface area contributed by atoms with E-state index in [9.17, 15) is 4.79 Å². The van der Waals surface area contributed by atoms with E-state index in [0.717, 1.165) is 13.0 Å². The summed E-state index contributed by atoms with van der Waals surface area (Å²) in [6.45, 7) is 0.849. The van der Waals surface area contributed by atoms with Gasteiger partial charge in [0.1, 0.15) is 0 Å². The van der Waals surface area contributed by atoms with E-state index in [-0.39, 0.29) is 24.6 Å². The van der Waals surface area contributed by atoms with Gasteiger partial charge in [-0.05, 0) is 18.6 Å². The van der Waals surface area contributed by atoms with Gasteiger partial charge in [0.25, 0.3) is 5.91 Å². The maximum Gasteiger partial charge on any atom is 0.251 e. The lowest BCUT2D eigenvalue weighted by molar-refractivity contribution is 0.0939. The molecule has 1 aromatic rings. The average Bonchev–Trinajstić information content (AvgIpc) is 2.78. The molecule has 1 aliphatic heterocycles. The van der Waals surface area contributed by atoms with Crippen LogP contribution in [0.1, 0.15) is 16.8 Å². The van der Waals surface area contributed by atoms with Crippen molar-refractivity contribution >= 4 is 5.91 Å². The van der Waals surface area contributed by atoms with Crippen LogP contribution in [0, 0.1) is 0 Å². The Labute approximate surface area is 94.7 Å². The van der Waals surface area contributed by atoms with E-state index in [0.29, 0.717) is 5.56 Å². The summed E-state index contributed by atoms with van der Waals surface area (Å²) in [6, 6.07) is 9.39. The highest BCUT2D eigenvalue weighted by atomic mass is 16.3. The molecule has 1 aromatic carbocycles. The first-order chi connectivity index (χ1) is 7.79. The van der Waals surface area contributed by atoms with Crippen molar-refractivity contribution < 1.29 is 9.90 Å². The Morgan fingerprint density at radius 2 is 2.19 bits per heavy atom. The third-order valence-electron chi connectivity index (χ3n) is 2.81. The molecule has 4 nitrogen and oxygen atoms in total. The maximum absolute atomic E-state index is 11.8. The number of nitrogens with one attached hydrogen (secondary N) is 2. The number of hydrogen-bond acceptors (Lipinski definition) is 3. The average molecular weight is 220 g/mol. The van der Waals surface area contributed by atoms with E-state index in [1.54, 1.807) is 12.1 Å². The summed E-state index contributed by atoms with van der Waals surface area (Å²) in [5.74, 6) is -0.0500. The third-order valence-corrected chi connectivity index (χ3v) is 2.81. The van der Waals surface area contributed by atoms with Gasteiger partial charge in [0.2, 0.25) is 0 Å². The standard InChI is InChI=1S/C12H16N2O2/c15-8-11-6-10(7-13-11)14-12(16)9-4-2-1-3-5-9/h1-5,10-11,13,15H,6-8H2,(H,14,16)/t10-,11-/m0/s1. The van der Waals surface area contributed by atoms with Gasteiger partial charge in [-0.3, -0.25) is 4.79 Å². The Morgan fingerprint density at radius 1 is 1.44 bits per heavy atom. The van der Waals surface area contributed by atoms with Crippen molar-refractivity contribution in [1.29, 1.82) is 0 Å². The molecule has 0 aromatic heterocycles. The van der Waals surface area contributed by atoms with E-state index in [2.05, 4.69) is 10.6 Å². The lowest BCUT2D eigenvalue weighted by atomic mass is 10.1. The molecule has 3 N–H and O–H groups in total. The highest BCUT2D eigenvalue weighted by Crippen LogP contribution is 2.07. The van der Waals surface area contributed by atoms with Gasteiger partial charge in [0.05, 0.1) is 6.61 Å². The van der Waals surface area contributed by atoms with E-state index < -0.39 is 0 Å². The molecule has 1 amide bonds. The van der Waals surface area contributed by atoms with Crippen molar-refractivity contribution in [1.82, 2.24) is 10.6 Å². The van der Waals surface area contributed by atoms with Gasteiger partial charge in [-0.25, -0.2) is 0 Å². The number of aliphatic hydroxyl groups excluding tert-OH is 1. The van der Waals surface area contributed by atoms with Crippen LogP contribution in [0.5, 0.6) is 0 Å². The Hall–Kier alpha value is -1.39. The Bertz CT molecular complexity index is 353. The molecule has 0 aliphatic carbocycles. The molecule has 16 heavy (non-hydrogen) atoms. The highest BCUT2D eigenvalue weighted by Gasteiger charge is 2.24. The van der Waals surface area contributed by atoms with Crippen LogP contribution in [0.2, 0.25) is 0 Å². The van der Waals surface area contributed by atoms with Crippen LogP contribution < -0.4 is 10.6 Å². The zero-order valence-corrected chi connectivity index (χ0v) is 9.02. The summed E-state index contributed by atoms with van der Waals surface area (Å²) < 4.78 is 0. The second-order valence-electron chi connectivity index (χ2n) is 4.06. The summed E-state index contributed by atoms with van der Waals surface area (Å²) >= 11 is 0. The Morgan fingerprint density at radius 3 is 2.81 bits per heavy atom. The van der Waals surface area contributed by atoms with Crippen LogP contribution in [-0.2, 0) is 0 Å². The first kappa shape index (κ1) is 11.1. The van der Waals surface area contributed by atoms with Crippen molar-refractivity contribution in [3.05, 3.63) is 35.9 Å². The van der Waals surface area contributed by atoms with E-state index in [4.69, 9.17) is 5.11 Å². The smallest absolute Gasteiger partial charge is 0.251 e. The normalized spacial score (nSPS) is 24.3. The zero-order chi connectivity index (χ0) is 11.4. The fourth-order valence-corrected chi connectivity index (χ4v) is 1.93. The largest absolute Gasteiger partial charge is 0.395 e. The molecule has 1 fully saturated rings. The maximum atomic E-state index is 11.8. The van der Waals surface area contributed by atoms with Crippen LogP contribution in [0.4, 0.5) is 0 Å². The molecule has 4 heteroatoms. The second-order valence-corrected chi connectivity index (χ2v) is 4.06. The molecule has 0 bridgehead atoms. The Kier molecular flexibility index (Phi) is 3.54. The predicted molar refractivity (Wildman–Crippen MR) is 61.2 cm³/mol. The van der Waals surface area contributed by atoms with Crippen molar-refractivity contribution in [3.63, 3.8) is 0 Å². The number of benzene rings is 1. The van der Waals surface area contributed by atoms with Crippen molar-refractivity contribution in [2.45, 2.75) is 18.5 Å². The second kappa shape index (κ2) is 5.09. The van der Waals surface area contributed by atoms with Crippen LogP contribution >= 0.6 is 0 Å². The number of aliphatic hydroxyl groups is 1. The molecule has 1 saturated heterocycles. The molecule has 2 atom stereocenters. The SMILES string of the molecule is O=C(N[C@@H]1CN[C@H](CO)C1)c1ccccc1. The van der Waals surface area contributed by atoms with E-state index in [1.165, 1.54) is 0 Å². The predicted octanol–water partition coefficient (Wildman–Crippen LogP) is 0.139. The number of carbonyl (C=O) groups is 1. The van der Waals surface area contributed by atoms with E-state index >= 15 is 0 Å². The summed E-state index contributed by atoms with van der Waals surface area (Å²) in [5, 5.41) is 15.1. The molecule has 2 rings (SSSR count). The number of hydrogen-bond donors (Lipinski definition) is 3. The van der Waals surface area contributed by atoms with Gasteiger partial charge in [0, 0.05) is 24.2 Å². The minimum absolute atomic E-state index is 0.0500. The number of carbonyl (C=O) groups excluding carboxylic acids is 1. The molecule has 0 unspecified atom stereocenters. The summed E-state index contributed by atoms with van der Waals surface area (Å²) in [7, 11) is 0. The van der Waals surface area contributed by atoms with Crippen LogP contribution in [0.25, 0.3) is 0 Å². The molecule has 0 spiro atoms. The number of rotatable bonds is 3. The fraction of sp³-hybridized carbons (Fsp3) is 0.417. The van der Waals surface area contributed by atoms with E-state index in [1.807, 2.05) is 18.2 Å². The van der Waals surface area contributed by atoms with Gasteiger partial charge in [-0.1, -0.05) is 18.2 Å². The van der Waals surface area contributed by atoms with Crippen LogP contribution in [0.3, 0.4) is 0 Å². The lowest BCUT2D eigenvalue weighted by Gasteiger charge is -2.11. The summed E-state index contributed by atoms with van der Waals surface area (Å²) in [5.41, 5.74) is 0.676. The molecular weight excluding hydrogens is 204 g/mol. The molecular formula is C12H16N2O2. The van der Waals surface area contributed by atoms with Gasteiger partial charge in [0.15, 0.2) is 0 Å². The first-order valence-corrected chi connectivity index (χ1v) is 5.49. The van der Waals surface area contributed by atoms with Crippen molar-refractivity contribution in [2.24, 2.45) is 0 Å². The topological polar surface area (TPSA) is 61.4 Å². The monoisotopic (exact) mass is 220 g/mol. The minimum atomic E-state index is -0.0500. The molecule has 0 radical (unpaired) electrons. The quantitative estimate of drug-likeness (QED) is 0.679. The van der Waals surface area contributed by atoms with Gasteiger partial charge in [-0.2, -0.15) is 0 Å². The van der Waals surface area contributed by atoms with Gasteiger partial charge in [-0.15, -0.1) is 0 Å². The fourth-order valence-electron chi connectivity index (χ4n) is 1.93. The summed E-state index contributed by atoms with van der Waals surface area (Å²) in [4.78, 5) is 11.8. The van der Waals surface area contributed by atoms with Gasteiger partial charge < -0.3 is 15.7 Å². The van der Waals surface area contributed by atoms with Crippen molar-refractivity contribution in [3.8, 4) is 0 Å². The summed E-state index contributed by atoms with van der Waals surface area (Å²) in [6.07, 6.45) is 0.787. The lowest BCUT2D eigenvalue weighted by Crippen LogP contribution is -2.36. The molecule has 1 aliphatic rings. The van der Waals surface area contributed by atoms with Crippen LogP contribution in [0.15, 0.2) is 30.3 Å². The minimum Gasteiger partial charge on any atom is -0.395 e. The molecule has 1 heterocycles. The Balaban J connectivity index is 1.89. The third kappa shape index (κ3) is 2.59. The molecule has 86 valence electrons.